The zero-order valence-electron chi connectivity index (χ0n) is 10.2. The molecule has 0 N–H and O–H groups in total. The lowest BCUT2D eigenvalue weighted by Crippen LogP contribution is -1.94. The summed E-state index contributed by atoms with van der Waals surface area (Å²) in [5.41, 5.74) is 5.02. The number of allylic oxidation sites excluding steroid dienone is 4. The van der Waals surface area contributed by atoms with Gasteiger partial charge in [-0.25, -0.2) is 0 Å². The van der Waals surface area contributed by atoms with Crippen LogP contribution in [-0.2, 0) is 0 Å². The summed E-state index contributed by atoms with van der Waals surface area (Å²) in [5, 5.41) is 0. The standard InChI is InChI=1S/C17H15N/c1-2-7-14(8-3-1)15-9-6-10-16(13-15)17-11-4-5-12-18-17/h1-5,7-8,10-13H,6,9H2. The van der Waals surface area contributed by atoms with Crippen molar-refractivity contribution in [3.05, 3.63) is 78.1 Å². The first-order chi connectivity index (χ1) is 8.93. The van der Waals surface area contributed by atoms with Crippen LogP contribution in [0.4, 0.5) is 0 Å². The highest BCUT2D eigenvalue weighted by Crippen LogP contribution is 2.29. The molecule has 0 saturated heterocycles. The van der Waals surface area contributed by atoms with E-state index in [1.54, 1.807) is 0 Å². The van der Waals surface area contributed by atoms with Gasteiger partial charge in [-0.3, -0.25) is 4.98 Å². The van der Waals surface area contributed by atoms with Gasteiger partial charge < -0.3 is 0 Å². The minimum atomic E-state index is 1.06. The van der Waals surface area contributed by atoms with E-state index in [0.29, 0.717) is 0 Å². The molecule has 0 saturated carbocycles. The van der Waals surface area contributed by atoms with Crippen molar-refractivity contribution in [1.29, 1.82) is 0 Å². The van der Waals surface area contributed by atoms with Gasteiger partial charge in [-0.1, -0.05) is 42.5 Å². The van der Waals surface area contributed by atoms with Gasteiger partial charge in [-0.2, -0.15) is 0 Å². The molecule has 0 fully saturated rings. The maximum Gasteiger partial charge on any atom is 0.0698 e. The van der Waals surface area contributed by atoms with Gasteiger partial charge in [-0.05, 0) is 47.8 Å². The van der Waals surface area contributed by atoms with Gasteiger partial charge in [0.15, 0.2) is 0 Å². The van der Waals surface area contributed by atoms with Crippen molar-refractivity contribution in [3.63, 3.8) is 0 Å². The Labute approximate surface area is 108 Å². The first kappa shape index (κ1) is 11.0. The predicted molar refractivity (Wildman–Crippen MR) is 75.9 cm³/mol. The Bertz CT molecular complexity index is 580. The van der Waals surface area contributed by atoms with Gasteiger partial charge >= 0.3 is 0 Å². The molecule has 1 aromatic heterocycles. The molecule has 1 heteroatoms. The van der Waals surface area contributed by atoms with Crippen LogP contribution in [0.15, 0.2) is 66.9 Å². The molecule has 0 radical (unpaired) electrons. The number of hydrogen-bond donors (Lipinski definition) is 0. The van der Waals surface area contributed by atoms with Crippen LogP contribution < -0.4 is 0 Å². The highest BCUT2D eigenvalue weighted by atomic mass is 14.7. The molecule has 1 aliphatic rings. The molecular formula is C17H15N. The minimum Gasteiger partial charge on any atom is -0.256 e. The maximum absolute atomic E-state index is 4.42. The zero-order valence-corrected chi connectivity index (χ0v) is 10.2. The van der Waals surface area contributed by atoms with E-state index in [0.717, 1.165) is 18.5 Å². The fourth-order valence-electron chi connectivity index (χ4n) is 2.29. The van der Waals surface area contributed by atoms with Crippen LogP contribution >= 0.6 is 0 Å². The number of pyridine rings is 1. The molecule has 1 heterocycles. The van der Waals surface area contributed by atoms with E-state index in [1.807, 2.05) is 18.3 Å². The van der Waals surface area contributed by atoms with E-state index in [1.165, 1.54) is 16.7 Å². The van der Waals surface area contributed by atoms with E-state index in [2.05, 4.69) is 53.5 Å². The third-order valence-corrected chi connectivity index (χ3v) is 3.21. The van der Waals surface area contributed by atoms with Gasteiger partial charge in [0.25, 0.3) is 0 Å². The fraction of sp³-hybridized carbons (Fsp3) is 0.118. The molecule has 88 valence electrons. The monoisotopic (exact) mass is 233 g/mol. The summed E-state index contributed by atoms with van der Waals surface area (Å²) in [5.74, 6) is 0. The van der Waals surface area contributed by atoms with E-state index < -0.39 is 0 Å². The average molecular weight is 233 g/mol. The van der Waals surface area contributed by atoms with Crippen molar-refractivity contribution >= 4 is 11.1 Å². The average Bonchev–Trinajstić information content (AvgIpc) is 2.49. The van der Waals surface area contributed by atoms with Crippen molar-refractivity contribution in [2.75, 3.05) is 0 Å². The Morgan fingerprint density at radius 3 is 2.50 bits per heavy atom. The topological polar surface area (TPSA) is 12.9 Å². The van der Waals surface area contributed by atoms with E-state index in [-0.39, 0.29) is 0 Å². The smallest absolute Gasteiger partial charge is 0.0698 e. The summed E-state index contributed by atoms with van der Waals surface area (Å²) >= 11 is 0. The molecule has 0 bridgehead atoms. The summed E-state index contributed by atoms with van der Waals surface area (Å²) in [6, 6.07) is 16.6. The number of hydrogen-bond acceptors (Lipinski definition) is 1. The third kappa shape index (κ3) is 2.25. The molecule has 0 spiro atoms. The molecule has 1 aromatic carbocycles. The second-order valence-corrected chi connectivity index (χ2v) is 4.45. The van der Waals surface area contributed by atoms with Crippen LogP contribution in [-0.4, -0.2) is 4.98 Å². The van der Waals surface area contributed by atoms with Gasteiger partial charge in [0.05, 0.1) is 5.69 Å². The minimum absolute atomic E-state index is 1.06. The molecule has 0 amide bonds. The van der Waals surface area contributed by atoms with Crippen molar-refractivity contribution in [2.45, 2.75) is 12.8 Å². The number of benzene rings is 1. The van der Waals surface area contributed by atoms with Crippen LogP contribution in [0.5, 0.6) is 0 Å². The second-order valence-electron chi connectivity index (χ2n) is 4.45. The molecular weight excluding hydrogens is 218 g/mol. The van der Waals surface area contributed by atoms with Crippen LogP contribution in [0.2, 0.25) is 0 Å². The Balaban J connectivity index is 1.95. The zero-order chi connectivity index (χ0) is 12.2. The molecule has 1 nitrogen and oxygen atoms in total. The SMILES string of the molecule is C1=C(c2ccccc2)CCC=C1c1ccccn1. The van der Waals surface area contributed by atoms with Gasteiger partial charge in [0.1, 0.15) is 0 Å². The second kappa shape index (κ2) is 5.01. The summed E-state index contributed by atoms with van der Waals surface area (Å²) in [4.78, 5) is 4.42. The van der Waals surface area contributed by atoms with E-state index >= 15 is 0 Å². The highest BCUT2D eigenvalue weighted by Gasteiger charge is 2.09. The van der Waals surface area contributed by atoms with Crippen molar-refractivity contribution in [2.24, 2.45) is 0 Å². The Kier molecular flexibility index (Phi) is 3.05. The number of rotatable bonds is 2. The first-order valence-electron chi connectivity index (χ1n) is 6.31. The number of aromatic nitrogens is 1. The first-order valence-corrected chi connectivity index (χ1v) is 6.31. The molecule has 1 aliphatic carbocycles. The molecule has 2 aromatic rings. The lowest BCUT2D eigenvalue weighted by Gasteiger charge is -2.13. The molecule has 0 aliphatic heterocycles. The van der Waals surface area contributed by atoms with Crippen molar-refractivity contribution in [3.8, 4) is 0 Å². The summed E-state index contributed by atoms with van der Waals surface area (Å²) < 4.78 is 0. The van der Waals surface area contributed by atoms with E-state index in [4.69, 9.17) is 0 Å². The molecule has 18 heavy (non-hydrogen) atoms. The summed E-state index contributed by atoms with van der Waals surface area (Å²) in [6.07, 6.45) is 8.59. The quantitative estimate of drug-likeness (QED) is 0.751. The highest BCUT2D eigenvalue weighted by molar-refractivity contribution is 5.84. The van der Waals surface area contributed by atoms with Gasteiger partial charge in [0, 0.05) is 6.20 Å². The van der Waals surface area contributed by atoms with E-state index in [9.17, 15) is 0 Å². The predicted octanol–water partition coefficient (Wildman–Crippen LogP) is 4.34. The number of nitrogens with zero attached hydrogens (tertiary/aromatic N) is 1. The Morgan fingerprint density at radius 2 is 1.72 bits per heavy atom. The Hall–Kier alpha value is -2.15. The van der Waals surface area contributed by atoms with Crippen molar-refractivity contribution in [1.82, 2.24) is 4.98 Å². The summed E-state index contributed by atoms with van der Waals surface area (Å²) in [6.45, 7) is 0. The normalized spacial score (nSPS) is 14.9. The maximum atomic E-state index is 4.42. The fourth-order valence-corrected chi connectivity index (χ4v) is 2.29. The van der Waals surface area contributed by atoms with Crippen LogP contribution in [0, 0.1) is 0 Å². The third-order valence-electron chi connectivity index (χ3n) is 3.21. The van der Waals surface area contributed by atoms with Crippen molar-refractivity contribution < 1.29 is 0 Å². The van der Waals surface area contributed by atoms with Crippen LogP contribution in [0.1, 0.15) is 24.1 Å². The molecule has 0 atom stereocenters. The lowest BCUT2D eigenvalue weighted by atomic mass is 9.92. The largest absolute Gasteiger partial charge is 0.256 e. The van der Waals surface area contributed by atoms with Gasteiger partial charge in [0.2, 0.25) is 0 Å². The summed E-state index contributed by atoms with van der Waals surface area (Å²) in [7, 11) is 0. The lowest BCUT2D eigenvalue weighted by molar-refractivity contribution is 1.05. The van der Waals surface area contributed by atoms with Gasteiger partial charge in [-0.15, -0.1) is 0 Å². The van der Waals surface area contributed by atoms with Crippen LogP contribution in [0.3, 0.4) is 0 Å². The molecule has 0 unspecified atom stereocenters. The Morgan fingerprint density at radius 1 is 0.889 bits per heavy atom. The van der Waals surface area contributed by atoms with Crippen LogP contribution in [0.25, 0.3) is 11.1 Å². The molecule has 3 rings (SSSR count).